The molecule has 1 N–H and O–H groups in total. The monoisotopic (exact) mass is 229 g/mol. The van der Waals surface area contributed by atoms with Crippen molar-refractivity contribution in [2.24, 2.45) is 5.92 Å². The van der Waals surface area contributed by atoms with E-state index >= 15 is 0 Å². The average Bonchev–Trinajstić information content (AvgIpc) is 2.38. The minimum Gasteiger partial charge on any atom is -0.381 e. The Kier molecular flexibility index (Phi) is 5.03. The first-order chi connectivity index (χ1) is 7.86. The number of rotatable bonds is 4. The van der Waals surface area contributed by atoms with E-state index < -0.39 is 0 Å². The van der Waals surface area contributed by atoms with Gasteiger partial charge < -0.3 is 19.5 Å². The maximum absolute atomic E-state index is 5.51. The number of nitrogens with one attached hydrogen (secondary N) is 1. The summed E-state index contributed by atoms with van der Waals surface area (Å²) in [4.78, 5) is 0. The van der Waals surface area contributed by atoms with Gasteiger partial charge in [0.25, 0.3) is 0 Å². The molecular weight excluding hydrogens is 206 g/mol. The van der Waals surface area contributed by atoms with E-state index in [0.29, 0.717) is 18.9 Å². The van der Waals surface area contributed by atoms with Crippen LogP contribution in [0.15, 0.2) is 0 Å². The van der Waals surface area contributed by atoms with E-state index in [0.717, 1.165) is 38.7 Å². The van der Waals surface area contributed by atoms with Gasteiger partial charge in [0.2, 0.25) is 0 Å². The third kappa shape index (κ3) is 3.70. The molecule has 16 heavy (non-hydrogen) atoms. The lowest BCUT2D eigenvalue weighted by Crippen LogP contribution is -2.42. The van der Waals surface area contributed by atoms with Crippen LogP contribution in [-0.4, -0.2) is 45.3 Å². The van der Waals surface area contributed by atoms with Crippen molar-refractivity contribution in [3.05, 3.63) is 0 Å². The van der Waals surface area contributed by atoms with Crippen LogP contribution in [0.4, 0.5) is 0 Å². The number of hydrogen-bond donors (Lipinski definition) is 1. The predicted molar refractivity (Wildman–Crippen MR) is 61.3 cm³/mol. The Hall–Kier alpha value is -0.160. The first-order valence-electron chi connectivity index (χ1n) is 6.36. The molecule has 2 rings (SSSR count). The molecule has 2 aliphatic heterocycles. The fraction of sp³-hybridized carbons (Fsp3) is 1.00. The van der Waals surface area contributed by atoms with Gasteiger partial charge in [-0.05, 0) is 32.1 Å². The van der Waals surface area contributed by atoms with Crippen molar-refractivity contribution in [3.63, 3.8) is 0 Å². The van der Waals surface area contributed by atoms with Crippen LogP contribution >= 0.6 is 0 Å². The van der Waals surface area contributed by atoms with Crippen molar-refractivity contribution in [2.45, 2.75) is 38.3 Å². The van der Waals surface area contributed by atoms with Crippen LogP contribution in [0, 0.1) is 5.92 Å². The van der Waals surface area contributed by atoms with Crippen molar-refractivity contribution in [1.82, 2.24) is 5.32 Å². The molecular formula is C12H23NO3. The van der Waals surface area contributed by atoms with Crippen LogP contribution < -0.4 is 5.32 Å². The van der Waals surface area contributed by atoms with E-state index in [1.807, 2.05) is 0 Å². The standard InChI is InChI=1S/C12H23NO3/c1-10(11-2-5-14-6-3-11)13-8-12-4-7-15-9-16-12/h10-13H,2-9H2,1H3. The molecule has 0 aliphatic carbocycles. The fourth-order valence-electron chi connectivity index (χ4n) is 2.36. The smallest absolute Gasteiger partial charge is 0.147 e. The van der Waals surface area contributed by atoms with Gasteiger partial charge in [-0.1, -0.05) is 0 Å². The molecule has 0 aromatic rings. The minimum absolute atomic E-state index is 0.330. The molecule has 2 heterocycles. The van der Waals surface area contributed by atoms with Crippen molar-refractivity contribution in [1.29, 1.82) is 0 Å². The van der Waals surface area contributed by atoms with Gasteiger partial charge in [-0.25, -0.2) is 0 Å². The first-order valence-corrected chi connectivity index (χ1v) is 6.36. The second-order valence-electron chi connectivity index (χ2n) is 4.75. The summed E-state index contributed by atoms with van der Waals surface area (Å²) < 4.78 is 16.0. The van der Waals surface area contributed by atoms with E-state index in [2.05, 4.69) is 12.2 Å². The summed E-state index contributed by atoms with van der Waals surface area (Å²) in [6.45, 7) is 6.35. The highest BCUT2D eigenvalue weighted by atomic mass is 16.7. The Balaban J connectivity index is 1.63. The summed E-state index contributed by atoms with van der Waals surface area (Å²) in [5.41, 5.74) is 0. The zero-order valence-corrected chi connectivity index (χ0v) is 10.1. The second-order valence-corrected chi connectivity index (χ2v) is 4.75. The summed E-state index contributed by atoms with van der Waals surface area (Å²) in [5.74, 6) is 0.758. The second kappa shape index (κ2) is 6.55. The lowest BCUT2D eigenvalue weighted by atomic mass is 9.93. The van der Waals surface area contributed by atoms with Crippen molar-refractivity contribution in [2.75, 3.05) is 33.2 Å². The van der Waals surface area contributed by atoms with Crippen LogP contribution in [-0.2, 0) is 14.2 Å². The van der Waals surface area contributed by atoms with Crippen molar-refractivity contribution < 1.29 is 14.2 Å². The third-order valence-electron chi connectivity index (χ3n) is 3.61. The van der Waals surface area contributed by atoms with E-state index in [1.54, 1.807) is 0 Å². The molecule has 4 nitrogen and oxygen atoms in total. The fourth-order valence-corrected chi connectivity index (χ4v) is 2.36. The van der Waals surface area contributed by atoms with E-state index in [9.17, 15) is 0 Å². The van der Waals surface area contributed by atoms with Crippen molar-refractivity contribution >= 4 is 0 Å². The molecule has 4 heteroatoms. The third-order valence-corrected chi connectivity index (χ3v) is 3.61. The summed E-state index contributed by atoms with van der Waals surface area (Å²) in [6, 6.07) is 0.565. The minimum atomic E-state index is 0.330. The van der Waals surface area contributed by atoms with Gasteiger partial charge in [0.05, 0.1) is 12.7 Å². The first kappa shape index (κ1) is 12.3. The molecule has 2 saturated heterocycles. The largest absolute Gasteiger partial charge is 0.381 e. The Bertz CT molecular complexity index is 189. The van der Waals surface area contributed by atoms with Gasteiger partial charge in [0, 0.05) is 25.8 Å². The lowest BCUT2D eigenvalue weighted by molar-refractivity contribution is -0.137. The number of hydrogen-bond acceptors (Lipinski definition) is 4. The highest BCUT2D eigenvalue weighted by Crippen LogP contribution is 2.18. The Morgan fingerprint density at radius 1 is 1.12 bits per heavy atom. The molecule has 2 unspecified atom stereocenters. The molecule has 0 aromatic heterocycles. The zero-order valence-electron chi connectivity index (χ0n) is 10.1. The molecule has 2 atom stereocenters. The average molecular weight is 229 g/mol. The molecule has 0 amide bonds. The van der Waals surface area contributed by atoms with E-state index in [4.69, 9.17) is 14.2 Å². The maximum atomic E-state index is 5.51. The number of ether oxygens (including phenoxy) is 3. The summed E-state index contributed by atoms with van der Waals surface area (Å²) in [5, 5.41) is 3.59. The molecule has 0 spiro atoms. The normalized spacial score (nSPS) is 30.2. The highest BCUT2D eigenvalue weighted by molar-refractivity contribution is 4.76. The Labute approximate surface area is 97.6 Å². The molecule has 0 aromatic carbocycles. The maximum Gasteiger partial charge on any atom is 0.147 e. The van der Waals surface area contributed by atoms with Crippen molar-refractivity contribution in [3.8, 4) is 0 Å². The quantitative estimate of drug-likeness (QED) is 0.785. The van der Waals surface area contributed by atoms with Crippen LogP contribution in [0.3, 0.4) is 0 Å². The molecule has 0 radical (unpaired) electrons. The summed E-state index contributed by atoms with van der Waals surface area (Å²) in [7, 11) is 0. The highest BCUT2D eigenvalue weighted by Gasteiger charge is 2.21. The molecule has 2 fully saturated rings. The molecule has 0 bridgehead atoms. The van der Waals surface area contributed by atoms with Gasteiger partial charge in [-0.15, -0.1) is 0 Å². The Morgan fingerprint density at radius 3 is 2.56 bits per heavy atom. The van der Waals surface area contributed by atoms with Gasteiger partial charge in [0.15, 0.2) is 0 Å². The predicted octanol–water partition coefficient (Wildman–Crippen LogP) is 1.15. The summed E-state index contributed by atoms with van der Waals surface area (Å²) in [6.07, 6.45) is 3.70. The van der Waals surface area contributed by atoms with Crippen LogP contribution in [0.2, 0.25) is 0 Å². The van der Waals surface area contributed by atoms with Gasteiger partial charge in [-0.2, -0.15) is 0 Å². The SMILES string of the molecule is CC(NCC1CCOCO1)C1CCOCC1. The van der Waals surface area contributed by atoms with Gasteiger partial charge >= 0.3 is 0 Å². The lowest BCUT2D eigenvalue weighted by Gasteiger charge is -2.30. The van der Waals surface area contributed by atoms with E-state index in [-0.39, 0.29) is 0 Å². The van der Waals surface area contributed by atoms with E-state index in [1.165, 1.54) is 12.8 Å². The van der Waals surface area contributed by atoms with Crippen LogP contribution in [0.25, 0.3) is 0 Å². The van der Waals surface area contributed by atoms with Crippen LogP contribution in [0.1, 0.15) is 26.2 Å². The molecule has 94 valence electrons. The van der Waals surface area contributed by atoms with Crippen LogP contribution in [0.5, 0.6) is 0 Å². The topological polar surface area (TPSA) is 39.7 Å². The Morgan fingerprint density at radius 2 is 1.88 bits per heavy atom. The molecule has 0 saturated carbocycles. The van der Waals surface area contributed by atoms with Gasteiger partial charge in [-0.3, -0.25) is 0 Å². The van der Waals surface area contributed by atoms with Gasteiger partial charge in [0.1, 0.15) is 6.79 Å². The summed E-state index contributed by atoms with van der Waals surface area (Å²) >= 11 is 0. The molecule has 2 aliphatic rings. The zero-order chi connectivity index (χ0) is 11.2.